The Kier molecular flexibility index (Phi) is 2.46. The second-order valence-electron chi connectivity index (χ2n) is 4.54. The van der Waals surface area contributed by atoms with E-state index < -0.39 is 5.82 Å². The lowest BCUT2D eigenvalue weighted by Gasteiger charge is -2.03. The van der Waals surface area contributed by atoms with Crippen LogP contribution >= 0.6 is 11.6 Å². The molecule has 0 unspecified atom stereocenters. The molecule has 0 aliphatic heterocycles. The maximum atomic E-state index is 13.9. The molecule has 0 aliphatic carbocycles. The Balaban J connectivity index is 2.12. The molecule has 0 aliphatic rings. The van der Waals surface area contributed by atoms with Gasteiger partial charge in [0.25, 0.3) is 0 Å². The third-order valence-corrected chi connectivity index (χ3v) is 3.41. The van der Waals surface area contributed by atoms with Crippen molar-refractivity contribution in [1.29, 1.82) is 0 Å². The van der Waals surface area contributed by atoms with Crippen molar-refractivity contribution in [3.8, 4) is 11.5 Å². The summed E-state index contributed by atoms with van der Waals surface area (Å²) in [5, 5.41) is 16.9. The number of aryl methyl sites for hydroxylation is 1. The summed E-state index contributed by atoms with van der Waals surface area (Å²) < 4.78 is 20.4. The summed E-state index contributed by atoms with van der Waals surface area (Å²) in [6, 6.07) is 6.34. The molecule has 6 nitrogen and oxygen atoms in total. The van der Waals surface area contributed by atoms with Crippen LogP contribution in [0.25, 0.3) is 27.9 Å². The molecule has 0 radical (unpaired) electrons. The number of benzene rings is 1. The van der Waals surface area contributed by atoms with E-state index in [0.717, 1.165) is 0 Å². The maximum absolute atomic E-state index is 13.9. The van der Waals surface area contributed by atoms with Crippen molar-refractivity contribution >= 4 is 28.0 Å². The van der Waals surface area contributed by atoms with Crippen LogP contribution in [-0.4, -0.2) is 25.0 Å². The Morgan fingerprint density at radius 1 is 1.29 bits per heavy atom. The number of hydrogen-bond donors (Lipinski definition) is 0. The molecule has 0 fully saturated rings. The highest BCUT2D eigenvalue weighted by molar-refractivity contribution is 6.34. The lowest BCUT2D eigenvalue weighted by atomic mass is 10.2. The molecule has 4 rings (SSSR count). The standard InChI is InChI=1S/C13H7ClFN5O/c1-6-5-9(19-21-6)13-17-16-12-7-3-2-4-8(15)10(7)11(14)18-20(12)13/h2-5H,1H3. The fourth-order valence-electron chi connectivity index (χ4n) is 2.23. The predicted octanol–water partition coefficient (Wildman–Crippen LogP) is 3.03. The van der Waals surface area contributed by atoms with Crippen LogP contribution in [0, 0.1) is 12.7 Å². The summed E-state index contributed by atoms with van der Waals surface area (Å²) in [6.45, 7) is 1.77. The third-order valence-electron chi connectivity index (χ3n) is 3.15. The van der Waals surface area contributed by atoms with Gasteiger partial charge in [-0.3, -0.25) is 0 Å². The SMILES string of the molecule is Cc1cc(-c2nnc3c4cccc(F)c4c(Cl)nn23)no1. The van der Waals surface area contributed by atoms with Crippen molar-refractivity contribution in [3.05, 3.63) is 41.0 Å². The summed E-state index contributed by atoms with van der Waals surface area (Å²) >= 11 is 6.09. The highest BCUT2D eigenvalue weighted by Gasteiger charge is 2.18. The van der Waals surface area contributed by atoms with E-state index >= 15 is 0 Å². The number of fused-ring (bicyclic) bond motifs is 3. The van der Waals surface area contributed by atoms with Gasteiger partial charge in [-0.25, -0.2) is 4.39 Å². The van der Waals surface area contributed by atoms with Gasteiger partial charge in [0.05, 0.1) is 5.39 Å². The average Bonchev–Trinajstić information content (AvgIpc) is 3.05. The molecule has 0 saturated heterocycles. The quantitative estimate of drug-likeness (QED) is 0.540. The first-order chi connectivity index (χ1) is 10.1. The molecule has 0 atom stereocenters. The number of rotatable bonds is 1. The predicted molar refractivity (Wildman–Crippen MR) is 73.5 cm³/mol. The number of hydrogen-bond acceptors (Lipinski definition) is 5. The van der Waals surface area contributed by atoms with E-state index in [-0.39, 0.29) is 10.5 Å². The van der Waals surface area contributed by atoms with Crippen molar-refractivity contribution in [3.63, 3.8) is 0 Å². The molecule has 0 N–H and O–H groups in total. The molecule has 4 aromatic rings. The zero-order valence-electron chi connectivity index (χ0n) is 10.7. The van der Waals surface area contributed by atoms with E-state index in [4.69, 9.17) is 16.1 Å². The minimum atomic E-state index is -0.450. The van der Waals surface area contributed by atoms with Crippen LogP contribution in [0.15, 0.2) is 28.8 Å². The first-order valence-corrected chi connectivity index (χ1v) is 6.46. The highest BCUT2D eigenvalue weighted by Crippen LogP contribution is 2.28. The molecule has 3 heterocycles. The van der Waals surface area contributed by atoms with Crippen molar-refractivity contribution in [2.75, 3.05) is 0 Å². The molecule has 0 spiro atoms. The minimum absolute atomic E-state index is 0.0388. The van der Waals surface area contributed by atoms with Gasteiger partial charge in [0.2, 0.25) is 5.82 Å². The number of halogens is 2. The summed E-state index contributed by atoms with van der Waals surface area (Å²) in [5.41, 5.74) is 0.892. The van der Waals surface area contributed by atoms with E-state index in [1.54, 1.807) is 25.1 Å². The summed E-state index contributed by atoms with van der Waals surface area (Å²) in [4.78, 5) is 0. The lowest BCUT2D eigenvalue weighted by molar-refractivity contribution is 0.399. The molecule has 21 heavy (non-hydrogen) atoms. The van der Waals surface area contributed by atoms with Crippen LogP contribution in [0.1, 0.15) is 5.76 Å². The average molecular weight is 304 g/mol. The van der Waals surface area contributed by atoms with Gasteiger partial charge in [-0.2, -0.15) is 9.61 Å². The minimum Gasteiger partial charge on any atom is -0.361 e. The topological polar surface area (TPSA) is 69.1 Å². The molecule has 0 saturated carbocycles. The van der Waals surface area contributed by atoms with Crippen LogP contribution in [0.2, 0.25) is 5.15 Å². The molecule has 3 aromatic heterocycles. The van der Waals surface area contributed by atoms with Gasteiger partial charge in [-0.1, -0.05) is 28.9 Å². The van der Waals surface area contributed by atoms with Crippen LogP contribution in [0.4, 0.5) is 4.39 Å². The Bertz CT molecular complexity index is 993. The van der Waals surface area contributed by atoms with Crippen molar-refractivity contribution in [2.24, 2.45) is 0 Å². The number of aromatic nitrogens is 5. The molecule has 8 heteroatoms. The van der Waals surface area contributed by atoms with Gasteiger partial charge in [-0.15, -0.1) is 10.2 Å². The largest absolute Gasteiger partial charge is 0.361 e. The van der Waals surface area contributed by atoms with Gasteiger partial charge in [0.1, 0.15) is 11.6 Å². The summed E-state index contributed by atoms with van der Waals surface area (Å²) in [6.07, 6.45) is 0. The zero-order valence-corrected chi connectivity index (χ0v) is 11.5. The zero-order chi connectivity index (χ0) is 14.6. The fraction of sp³-hybridized carbons (Fsp3) is 0.0769. The van der Waals surface area contributed by atoms with E-state index in [1.165, 1.54) is 10.6 Å². The second-order valence-corrected chi connectivity index (χ2v) is 4.89. The van der Waals surface area contributed by atoms with Gasteiger partial charge in [-0.05, 0) is 13.0 Å². The molecular weight excluding hydrogens is 297 g/mol. The third kappa shape index (κ3) is 1.71. The van der Waals surface area contributed by atoms with Gasteiger partial charge in [0.15, 0.2) is 16.5 Å². The Labute approximate surface area is 122 Å². The smallest absolute Gasteiger partial charge is 0.207 e. The Hall–Kier alpha value is -2.54. The summed E-state index contributed by atoms with van der Waals surface area (Å²) in [7, 11) is 0. The van der Waals surface area contributed by atoms with E-state index in [2.05, 4.69) is 20.5 Å². The second kappa shape index (κ2) is 4.23. The monoisotopic (exact) mass is 303 g/mol. The van der Waals surface area contributed by atoms with Gasteiger partial charge < -0.3 is 4.52 Å². The van der Waals surface area contributed by atoms with Crippen LogP contribution in [0.5, 0.6) is 0 Å². The first-order valence-electron chi connectivity index (χ1n) is 6.08. The summed E-state index contributed by atoms with van der Waals surface area (Å²) in [5.74, 6) is 0.573. The maximum Gasteiger partial charge on any atom is 0.207 e. The van der Waals surface area contributed by atoms with Crippen molar-refractivity contribution < 1.29 is 8.91 Å². The molecule has 1 aromatic carbocycles. The van der Waals surface area contributed by atoms with E-state index in [0.29, 0.717) is 28.3 Å². The first kappa shape index (κ1) is 12.2. The Morgan fingerprint density at radius 3 is 2.90 bits per heavy atom. The number of nitrogens with zero attached hydrogens (tertiary/aromatic N) is 5. The van der Waals surface area contributed by atoms with Gasteiger partial charge >= 0.3 is 0 Å². The molecule has 0 bridgehead atoms. The molecular formula is C13H7ClFN5O. The van der Waals surface area contributed by atoms with Crippen LogP contribution in [0.3, 0.4) is 0 Å². The lowest BCUT2D eigenvalue weighted by Crippen LogP contribution is -1.98. The Morgan fingerprint density at radius 2 is 2.14 bits per heavy atom. The van der Waals surface area contributed by atoms with Crippen molar-refractivity contribution in [1.82, 2.24) is 25.0 Å². The van der Waals surface area contributed by atoms with Gasteiger partial charge in [0, 0.05) is 11.5 Å². The van der Waals surface area contributed by atoms with E-state index in [9.17, 15) is 4.39 Å². The molecule has 0 amide bonds. The molecule has 104 valence electrons. The fourth-order valence-corrected chi connectivity index (χ4v) is 2.50. The van der Waals surface area contributed by atoms with E-state index in [1.807, 2.05) is 0 Å². The van der Waals surface area contributed by atoms with Crippen LogP contribution < -0.4 is 0 Å². The normalized spacial score (nSPS) is 11.6. The van der Waals surface area contributed by atoms with Crippen molar-refractivity contribution in [2.45, 2.75) is 6.92 Å². The van der Waals surface area contributed by atoms with Crippen LogP contribution in [-0.2, 0) is 0 Å². The highest BCUT2D eigenvalue weighted by atomic mass is 35.5.